The van der Waals surface area contributed by atoms with Crippen molar-refractivity contribution >= 4 is 11.9 Å². The van der Waals surface area contributed by atoms with Gasteiger partial charge < -0.3 is 15.4 Å². The van der Waals surface area contributed by atoms with Crippen LogP contribution in [0.2, 0.25) is 0 Å². The summed E-state index contributed by atoms with van der Waals surface area (Å²) in [4.78, 5) is 12.6. The molecule has 1 aromatic heterocycles. The lowest BCUT2D eigenvalue weighted by Crippen LogP contribution is -2.12. The molecule has 0 saturated carbocycles. The zero-order valence-corrected chi connectivity index (χ0v) is 11.8. The summed E-state index contributed by atoms with van der Waals surface area (Å²) in [6, 6.07) is 10.6. The lowest BCUT2D eigenvalue weighted by Gasteiger charge is -2.08. The molecule has 2 rings (SSSR count). The molecule has 6 heteroatoms. The molecule has 1 heterocycles. The first kappa shape index (κ1) is 14.0. The Bertz CT molecular complexity index is 532. The molecule has 2 aromatic rings. The smallest absolute Gasteiger partial charge is 0.322 e. The molecule has 6 nitrogen and oxygen atoms in total. The zero-order chi connectivity index (χ0) is 14.2. The number of anilines is 2. The molecule has 2 N–H and O–H groups in total. The predicted octanol–water partition coefficient (Wildman–Crippen LogP) is 1.97. The first-order valence-electron chi connectivity index (χ1n) is 6.63. The molecule has 0 saturated heterocycles. The van der Waals surface area contributed by atoms with Gasteiger partial charge in [0.2, 0.25) is 11.9 Å². The summed E-state index contributed by atoms with van der Waals surface area (Å²) >= 11 is 0. The number of benzene rings is 1. The van der Waals surface area contributed by atoms with E-state index in [1.165, 1.54) is 5.56 Å². The minimum atomic E-state index is 0.304. The van der Waals surface area contributed by atoms with Crippen LogP contribution in [-0.4, -0.2) is 35.2 Å². The molecule has 0 aliphatic rings. The first-order valence-corrected chi connectivity index (χ1v) is 6.63. The van der Waals surface area contributed by atoms with Crippen molar-refractivity contribution < 1.29 is 4.74 Å². The Labute approximate surface area is 118 Å². The van der Waals surface area contributed by atoms with E-state index in [-0.39, 0.29) is 0 Å². The molecule has 106 valence electrons. The quantitative estimate of drug-likeness (QED) is 0.803. The number of methoxy groups -OCH3 is 1. The van der Waals surface area contributed by atoms with Gasteiger partial charge in [0.15, 0.2) is 0 Å². The maximum Gasteiger partial charge on any atom is 0.322 e. The van der Waals surface area contributed by atoms with E-state index in [1.807, 2.05) is 25.1 Å². The lowest BCUT2D eigenvalue weighted by molar-refractivity contribution is 0.379. The summed E-state index contributed by atoms with van der Waals surface area (Å²) < 4.78 is 5.06. The fourth-order valence-corrected chi connectivity index (χ4v) is 1.73. The van der Waals surface area contributed by atoms with Gasteiger partial charge in [-0.3, -0.25) is 0 Å². The topological polar surface area (TPSA) is 72.0 Å². The van der Waals surface area contributed by atoms with Crippen LogP contribution < -0.4 is 15.4 Å². The third kappa shape index (κ3) is 4.08. The third-order valence-electron chi connectivity index (χ3n) is 2.67. The van der Waals surface area contributed by atoms with Gasteiger partial charge in [0.1, 0.15) is 0 Å². The number of hydrogen-bond donors (Lipinski definition) is 2. The van der Waals surface area contributed by atoms with Gasteiger partial charge >= 0.3 is 6.01 Å². The number of ether oxygens (including phenoxy) is 1. The van der Waals surface area contributed by atoms with E-state index in [2.05, 4.69) is 37.7 Å². The molecular formula is C14H19N5O. The van der Waals surface area contributed by atoms with Crippen molar-refractivity contribution in [1.82, 2.24) is 15.0 Å². The average Bonchev–Trinajstić information content (AvgIpc) is 2.48. The Kier molecular flexibility index (Phi) is 5.11. The minimum Gasteiger partial charge on any atom is -0.467 e. The summed E-state index contributed by atoms with van der Waals surface area (Å²) in [5.74, 6) is 1.03. The number of rotatable bonds is 7. The highest BCUT2D eigenvalue weighted by Gasteiger charge is 2.05. The summed E-state index contributed by atoms with van der Waals surface area (Å²) in [6.45, 7) is 3.48. The van der Waals surface area contributed by atoms with Crippen LogP contribution in [0.5, 0.6) is 6.01 Å². The predicted molar refractivity (Wildman–Crippen MR) is 79.2 cm³/mol. The van der Waals surface area contributed by atoms with Gasteiger partial charge in [-0.1, -0.05) is 30.3 Å². The molecule has 20 heavy (non-hydrogen) atoms. The van der Waals surface area contributed by atoms with Crippen LogP contribution in [0.3, 0.4) is 0 Å². The zero-order valence-electron chi connectivity index (χ0n) is 11.8. The summed E-state index contributed by atoms with van der Waals surface area (Å²) in [5, 5.41) is 6.23. The van der Waals surface area contributed by atoms with Crippen molar-refractivity contribution in [1.29, 1.82) is 0 Å². The van der Waals surface area contributed by atoms with Crippen LogP contribution in [0.15, 0.2) is 30.3 Å². The Morgan fingerprint density at radius 2 is 1.70 bits per heavy atom. The molecule has 0 spiro atoms. The second kappa shape index (κ2) is 7.28. The highest BCUT2D eigenvalue weighted by Crippen LogP contribution is 2.10. The van der Waals surface area contributed by atoms with Crippen LogP contribution in [0.1, 0.15) is 12.5 Å². The van der Waals surface area contributed by atoms with E-state index in [1.54, 1.807) is 7.11 Å². The third-order valence-corrected chi connectivity index (χ3v) is 2.67. The summed E-state index contributed by atoms with van der Waals surface area (Å²) in [6.07, 6.45) is 0.908. The average molecular weight is 273 g/mol. The van der Waals surface area contributed by atoms with Crippen molar-refractivity contribution in [3.63, 3.8) is 0 Å². The lowest BCUT2D eigenvalue weighted by atomic mass is 10.1. The van der Waals surface area contributed by atoms with Crippen molar-refractivity contribution in [2.75, 3.05) is 30.8 Å². The van der Waals surface area contributed by atoms with Gasteiger partial charge in [-0.05, 0) is 18.9 Å². The summed E-state index contributed by atoms with van der Waals surface area (Å²) in [7, 11) is 1.54. The fourth-order valence-electron chi connectivity index (χ4n) is 1.73. The van der Waals surface area contributed by atoms with Gasteiger partial charge in [-0.15, -0.1) is 0 Å². The maximum atomic E-state index is 5.06. The summed E-state index contributed by atoms with van der Waals surface area (Å²) in [5.41, 5.74) is 1.27. The van der Waals surface area contributed by atoms with Gasteiger partial charge in [0.25, 0.3) is 0 Å². The molecular weight excluding hydrogens is 254 g/mol. The SMILES string of the molecule is CCNc1nc(NCCc2ccccc2)nc(OC)n1. The first-order chi connectivity index (χ1) is 9.81. The van der Waals surface area contributed by atoms with Gasteiger partial charge in [0, 0.05) is 13.1 Å². The van der Waals surface area contributed by atoms with Crippen molar-refractivity contribution in [2.45, 2.75) is 13.3 Å². The van der Waals surface area contributed by atoms with E-state index in [0.29, 0.717) is 17.9 Å². The van der Waals surface area contributed by atoms with E-state index < -0.39 is 0 Å². The number of hydrogen-bond acceptors (Lipinski definition) is 6. The van der Waals surface area contributed by atoms with Crippen molar-refractivity contribution in [2.24, 2.45) is 0 Å². The van der Waals surface area contributed by atoms with E-state index in [9.17, 15) is 0 Å². The molecule has 0 aliphatic carbocycles. The number of nitrogens with zero attached hydrogens (tertiary/aromatic N) is 3. The second-order valence-electron chi connectivity index (χ2n) is 4.16. The molecule has 0 aliphatic heterocycles. The molecule has 1 aromatic carbocycles. The largest absolute Gasteiger partial charge is 0.467 e. The second-order valence-corrected chi connectivity index (χ2v) is 4.16. The molecule has 0 radical (unpaired) electrons. The van der Waals surface area contributed by atoms with Gasteiger partial charge in [-0.25, -0.2) is 0 Å². The maximum absolute atomic E-state index is 5.06. The van der Waals surface area contributed by atoms with Crippen LogP contribution in [0, 0.1) is 0 Å². The Morgan fingerprint density at radius 3 is 2.35 bits per heavy atom. The highest BCUT2D eigenvalue weighted by atomic mass is 16.5. The van der Waals surface area contributed by atoms with E-state index >= 15 is 0 Å². The van der Waals surface area contributed by atoms with E-state index in [0.717, 1.165) is 19.5 Å². The Balaban J connectivity index is 1.96. The van der Waals surface area contributed by atoms with Crippen molar-refractivity contribution in [3.05, 3.63) is 35.9 Å². The Morgan fingerprint density at radius 1 is 1.00 bits per heavy atom. The molecule has 0 fully saturated rings. The minimum absolute atomic E-state index is 0.304. The Hall–Kier alpha value is -2.37. The number of aromatic nitrogens is 3. The molecule has 0 bridgehead atoms. The fraction of sp³-hybridized carbons (Fsp3) is 0.357. The van der Waals surface area contributed by atoms with Crippen LogP contribution >= 0.6 is 0 Å². The van der Waals surface area contributed by atoms with Crippen LogP contribution in [0.4, 0.5) is 11.9 Å². The monoisotopic (exact) mass is 273 g/mol. The highest BCUT2D eigenvalue weighted by molar-refractivity contribution is 5.36. The van der Waals surface area contributed by atoms with Gasteiger partial charge in [0.05, 0.1) is 7.11 Å². The van der Waals surface area contributed by atoms with Crippen molar-refractivity contribution in [3.8, 4) is 6.01 Å². The standard InChI is InChI=1S/C14H19N5O/c1-3-15-12-17-13(19-14(18-12)20-2)16-10-9-11-7-5-4-6-8-11/h4-8H,3,9-10H2,1-2H3,(H2,15,16,17,18,19). The normalized spacial score (nSPS) is 10.1. The molecule has 0 atom stereocenters. The van der Waals surface area contributed by atoms with Crippen LogP contribution in [-0.2, 0) is 6.42 Å². The molecule has 0 unspecified atom stereocenters. The molecule has 0 amide bonds. The van der Waals surface area contributed by atoms with Crippen LogP contribution in [0.25, 0.3) is 0 Å². The van der Waals surface area contributed by atoms with E-state index in [4.69, 9.17) is 4.74 Å². The van der Waals surface area contributed by atoms with Gasteiger partial charge in [-0.2, -0.15) is 15.0 Å². The number of nitrogens with one attached hydrogen (secondary N) is 2.